The second-order valence-corrected chi connectivity index (χ2v) is 1.78. The maximum atomic E-state index is 11.8. The molecule has 0 saturated carbocycles. The van der Waals surface area contributed by atoms with E-state index in [1.807, 2.05) is 6.07 Å². The minimum absolute atomic E-state index is 0.360. The molecule has 1 aromatic rings. The Bertz CT molecular complexity index is 247. The highest BCUT2D eigenvalue weighted by molar-refractivity contribution is 5.25. The SMILES string of the molecule is N#Cc1ccc(CF)nc1. The zero-order valence-corrected chi connectivity index (χ0v) is 5.21. The normalized spacial score (nSPS) is 8.80. The Morgan fingerprint density at radius 1 is 1.60 bits per heavy atom. The van der Waals surface area contributed by atoms with Gasteiger partial charge in [-0.25, -0.2) is 4.39 Å². The molecule has 0 amide bonds. The van der Waals surface area contributed by atoms with Crippen molar-refractivity contribution in [2.24, 2.45) is 0 Å². The number of halogens is 1. The van der Waals surface area contributed by atoms with Gasteiger partial charge >= 0.3 is 0 Å². The Morgan fingerprint density at radius 3 is 2.80 bits per heavy atom. The summed E-state index contributed by atoms with van der Waals surface area (Å²) in [5.74, 6) is 0. The van der Waals surface area contributed by atoms with Gasteiger partial charge in [-0.1, -0.05) is 0 Å². The van der Waals surface area contributed by atoms with Crippen molar-refractivity contribution in [1.82, 2.24) is 4.98 Å². The molecule has 3 heteroatoms. The molecule has 0 atom stereocenters. The molecular formula is C7H5FN2. The van der Waals surface area contributed by atoms with Crippen molar-refractivity contribution in [2.75, 3.05) is 0 Å². The summed E-state index contributed by atoms with van der Waals surface area (Å²) in [5.41, 5.74) is 0.816. The Balaban J connectivity index is 2.93. The third-order valence-electron chi connectivity index (χ3n) is 1.09. The van der Waals surface area contributed by atoms with Crippen LogP contribution in [0.4, 0.5) is 4.39 Å². The first kappa shape index (κ1) is 6.69. The number of pyridine rings is 1. The maximum absolute atomic E-state index is 11.8. The standard InChI is InChI=1S/C7H5FN2/c8-3-7-2-1-6(4-9)5-10-7/h1-2,5H,3H2. The van der Waals surface area contributed by atoms with Crippen LogP contribution in [0.1, 0.15) is 11.3 Å². The Hall–Kier alpha value is -1.43. The largest absolute Gasteiger partial charge is 0.257 e. The van der Waals surface area contributed by atoms with E-state index >= 15 is 0 Å². The predicted molar refractivity (Wildman–Crippen MR) is 33.8 cm³/mol. The van der Waals surface area contributed by atoms with Crippen molar-refractivity contribution >= 4 is 0 Å². The van der Waals surface area contributed by atoms with Crippen LogP contribution in [0.15, 0.2) is 18.3 Å². The fraction of sp³-hybridized carbons (Fsp3) is 0.143. The third-order valence-corrected chi connectivity index (χ3v) is 1.09. The van der Waals surface area contributed by atoms with Crippen LogP contribution in [0.2, 0.25) is 0 Å². The van der Waals surface area contributed by atoms with E-state index in [0.717, 1.165) is 0 Å². The lowest BCUT2D eigenvalue weighted by atomic mass is 10.3. The summed E-state index contributed by atoms with van der Waals surface area (Å²) >= 11 is 0. The predicted octanol–water partition coefficient (Wildman–Crippen LogP) is 1.42. The fourth-order valence-electron chi connectivity index (χ4n) is 0.570. The van der Waals surface area contributed by atoms with Gasteiger partial charge in [0.1, 0.15) is 12.7 Å². The van der Waals surface area contributed by atoms with Crippen molar-refractivity contribution < 1.29 is 4.39 Å². The van der Waals surface area contributed by atoms with Crippen molar-refractivity contribution in [2.45, 2.75) is 6.67 Å². The van der Waals surface area contributed by atoms with Gasteiger partial charge in [-0.15, -0.1) is 0 Å². The average Bonchev–Trinajstić information content (AvgIpc) is 2.05. The molecule has 10 heavy (non-hydrogen) atoms. The summed E-state index contributed by atoms with van der Waals surface area (Å²) in [6, 6.07) is 4.94. The van der Waals surface area contributed by atoms with Crippen molar-refractivity contribution in [3.8, 4) is 6.07 Å². The summed E-state index contributed by atoms with van der Waals surface area (Å²) in [7, 11) is 0. The summed E-state index contributed by atoms with van der Waals surface area (Å²) in [4.78, 5) is 3.67. The Morgan fingerprint density at radius 2 is 2.40 bits per heavy atom. The number of aromatic nitrogens is 1. The third kappa shape index (κ3) is 1.29. The van der Waals surface area contributed by atoms with E-state index < -0.39 is 6.67 Å². The van der Waals surface area contributed by atoms with Crippen LogP contribution in [0.5, 0.6) is 0 Å². The van der Waals surface area contributed by atoms with E-state index in [0.29, 0.717) is 11.3 Å². The molecule has 0 unspecified atom stereocenters. The van der Waals surface area contributed by atoms with E-state index in [1.54, 1.807) is 6.07 Å². The summed E-state index contributed by atoms with van der Waals surface area (Å²) in [5, 5.41) is 8.32. The van der Waals surface area contributed by atoms with Gasteiger partial charge in [-0.3, -0.25) is 4.98 Å². The lowest BCUT2D eigenvalue weighted by Crippen LogP contribution is -1.84. The molecule has 0 saturated heterocycles. The first-order valence-corrected chi connectivity index (χ1v) is 2.78. The molecule has 0 radical (unpaired) electrons. The van der Waals surface area contributed by atoms with Crippen molar-refractivity contribution in [3.05, 3.63) is 29.6 Å². The Kier molecular flexibility index (Phi) is 1.96. The monoisotopic (exact) mass is 136 g/mol. The van der Waals surface area contributed by atoms with E-state index in [1.165, 1.54) is 12.3 Å². The summed E-state index contributed by atoms with van der Waals surface area (Å²) in [6.07, 6.45) is 1.36. The van der Waals surface area contributed by atoms with Gasteiger partial charge in [0.05, 0.1) is 11.3 Å². The maximum Gasteiger partial charge on any atom is 0.131 e. The quantitative estimate of drug-likeness (QED) is 0.585. The molecule has 1 rings (SSSR count). The van der Waals surface area contributed by atoms with Gasteiger partial charge in [0, 0.05) is 6.20 Å². The number of nitriles is 1. The molecular weight excluding hydrogens is 131 g/mol. The number of rotatable bonds is 1. The molecule has 1 aromatic heterocycles. The number of nitrogens with zero attached hydrogens (tertiary/aromatic N) is 2. The highest BCUT2D eigenvalue weighted by Gasteiger charge is 1.91. The van der Waals surface area contributed by atoms with Crippen LogP contribution < -0.4 is 0 Å². The van der Waals surface area contributed by atoms with Crippen LogP contribution >= 0.6 is 0 Å². The summed E-state index contributed by atoms with van der Waals surface area (Å²) < 4.78 is 11.8. The van der Waals surface area contributed by atoms with Crippen LogP contribution in [0.25, 0.3) is 0 Å². The van der Waals surface area contributed by atoms with E-state index in [-0.39, 0.29) is 0 Å². The molecule has 0 aromatic carbocycles. The molecule has 1 heterocycles. The molecule has 0 aliphatic heterocycles. The molecule has 0 bridgehead atoms. The van der Waals surface area contributed by atoms with E-state index in [2.05, 4.69) is 4.98 Å². The topological polar surface area (TPSA) is 36.7 Å². The zero-order valence-electron chi connectivity index (χ0n) is 5.21. The number of alkyl halides is 1. The van der Waals surface area contributed by atoms with Crippen molar-refractivity contribution in [1.29, 1.82) is 5.26 Å². The second-order valence-electron chi connectivity index (χ2n) is 1.78. The number of hydrogen-bond donors (Lipinski definition) is 0. The molecule has 0 aliphatic rings. The van der Waals surface area contributed by atoms with Crippen LogP contribution in [0, 0.1) is 11.3 Å². The number of hydrogen-bond acceptors (Lipinski definition) is 2. The minimum Gasteiger partial charge on any atom is -0.257 e. The molecule has 50 valence electrons. The lowest BCUT2D eigenvalue weighted by molar-refractivity contribution is 0.476. The second kappa shape index (κ2) is 2.92. The molecule has 0 N–H and O–H groups in total. The smallest absolute Gasteiger partial charge is 0.131 e. The first-order valence-electron chi connectivity index (χ1n) is 2.78. The molecule has 0 aliphatic carbocycles. The summed E-state index contributed by atoms with van der Waals surface area (Å²) in [6.45, 7) is -0.578. The van der Waals surface area contributed by atoms with Gasteiger partial charge in [-0.2, -0.15) is 5.26 Å². The highest BCUT2D eigenvalue weighted by Crippen LogP contribution is 1.99. The van der Waals surface area contributed by atoms with Crippen LogP contribution in [0.3, 0.4) is 0 Å². The lowest BCUT2D eigenvalue weighted by Gasteiger charge is -1.90. The highest BCUT2D eigenvalue weighted by atomic mass is 19.1. The molecule has 0 fully saturated rings. The van der Waals surface area contributed by atoms with Crippen LogP contribution in [-0.2, 0) is 6.67 Å². The van der Waals surface area contributed by atoms with Gasteiger partial charge < -0.3 is 0 Å². The van der Waals surface area contributed by atoms with E-state index in [9.17, 15) is 4.39 Å². The fourth-order valence-corrected chi connectivity index (χ4v) is 0.570. The zero-order chi connectivity index (χ0) is 7.40. The van der Waals surface area contributed by atoms with E-state index in [4.69, 9.17) is 5.26 Å². The van der Waals surface area contributed by atoms with Gasteiger partial charge in [0.2, 0.25) is 0 Å². The van der Waals surface area contributed by atoms with Gasteiger partial charge in [0.15, 0.2) is 0 Å². The minimum atomic E-state index is -0.578. The Labute approximate surface area is 57.9 Å². The van der Waals surface area contributed by atoms with Gasteiger partial charge in [0.25, 0.3) is 0 Å². The average molecular weight is 136 g/mol. The first-order chi connectivity index (χ1) is 4.86. The van der Waals surface area contributed by atoms with Gasteiger partial charge in [-0.05, 0) is 12.1 Å². The molecule has 0 spiro atoms. The van der Waals surface area contributed by atoms with Crippen molar-refractivity contribution in [3.63, 3.8) is 0 Å². The molecule has 2 nitrogen and oxygen atoms in total. The van der Waals surface area contributed by atoms with Crippen LogP contribution in [-0.4, -0.2) is 4.98 Å².